The standard InChI is InChI=1S/C53H54S2Si/c1-52(2)42-25-13-14-27-46(42)54-50-44(52)26-16-28-48(50)56(5,39-22-7-6-8-23-39)40-24-15-21-38(33-40)49-41(36-19-11-12-20-36)30-32-45-51(49)55-47-34-37(35-17-9-10-18-35)29-31-43(47)53(45,3)4/h6-8,13-16,21-36H,9-12,17-20H2,1-5H3/i35D,36D. The van der Waals surface area contributed by atoms with Crippen LogP contribution in [0, 0.1) is 0 Å². The monoisotopic (exact) mass is 784 g/mol. The van der Waals surface area contributed by atoms with Crippen molar-refractivity contribution < 1.29 is 2.74 Å². The highest BCUT2D eigenvalue weighted by atomic mass is 32.2. The summed E-state index contributed by atoms with van der Waals surface area (Å²) in [7, 11) is -2.62. The van der Waals surface area contributed by atoms with Crippen molar-refractivity contribution in [1.29, 1.82) is 0 Å². The molecule has 10 rings (SSSR count). The van der Waals surface area contributed by atoms with E-state index in [1.165, 1.54) is 79.6 Å². The zero-order chi connectivity index (χ0) is 40.1. The average Bonchev–Trinajstić information content (AvgIpc) is 3.89. The maximum atomic E-state index is 10.1. The summed E-state index contributed by atoms with van der Waals surface area (Å²) in [5.74, 6) is -1.11. The zero-order valence-electron chi connectivity index (χ0n) is 35.6. The summed E-state index contributed by atoms with van der Waals surface area (Å²) in [6, 6.07) is 48.7. The molecular weight excluding hydrogens is 729 g/mol. The Labute approximate surface area is 347 Å². The van der Waals surface area contributed by atoms with E-state index in [1.54, 1.807) is 0 Å². The van der Waals surface area contributed by atoms with Gasteiger partial charge >= 0.3 is 0 Å². The first kappa shape index (κ1) is 34.3. The summed E-state index contributed by atoms with van der Waals surface area (Å²) in [4.78, 5) is 5.37. The molecule has 1 atom stereocenters. The fourth-order valence-electron chi connectivity index (χ4n) is 10.6. The largest absolute Gasteiger partial charge is 0.146 e. The van der Waals surface area contributed by atoms with Crippen LogP contribution in [-0.4, -0.2) is 8.07 Å². The third kappa shape index (κ3) is 5.77. The highest BCUT2D eigenvalue weighted by molar-refractivity contribution is 8.00. The van der Waals surface area contributed by atoms with Gasteiger partial charge in [0.15, 0.2) is 0 Å². The molecule has 0 N–H and O–H groups in total. The summed E-state index contributed by atoms with van der Waals surface area (Å²) < 4.78 is 19.5. The SMILES string of the molecule is [2H]C1(c2ccc3c(c2)Sc2c(ccc(C4([2H])CCCC4)c2-c2cccc([Si](C)(c4ccccc4)c4cccc5c4Sc4ccccc4C5(C)C)c2)C3(C)C)CCCC1. The first-order valence-corrected chi connectivity index (χ1v) is 25.1. The molecule has 0 amide bonds. The van der Waals surface area contributed by atoms with E-state index in [4.69, 9.17) is 0 Å². The molecule has 0 bridgehead atoms. The quantitative estimate of drug-likeness (QED) is 0.122. The third-order valence-electron chi connectivity index (χ3n) is 14.0. The second kappa shape index (κ2) is 14.0. The van der Waals surface area contributed by atoms with Crippen LogP contribution in [0.2, 0.25) is 6.55 Å². The molecule has 2 fully saturated rings. The molecule has 0 saturated heterocycles. The smallest absolute Gasteiger partial charge is 0.0895 e. The lowest BCUT2D eigenvalue weighted by Gasteiger charge is -2.39. The van der Waals surface area contributed by atoms with Crippen LogP contribution in [0.4, 0.5) is 0 Å². The Morgan fingerprint density at radius 3 is 1.89 bits per heavy atom. The van der Waals surface area contributed by atoms with Crippen molar-refractivity contribution in [3.05, 3.63) is 161 Å². The minimum atomic E-state index is -2.62. The molecule has 2 aliphatic carbocycles. The van der Waals surface area contributed by atoms with Gasteiger partial charge in [0.25, 0.3) is 0 Å². The van der Waals surface area contributed by atoms with Gasteiger partial charge in [-0.15, -0.1) is 0 Å². The highest BCUT2D eigenvalue weighted by Gasteiger charge is 2.42. The molecule has 0 aromatic heterocycles. The molecule has 3 heteroatoms. The minimum absolute atomic E-state index is 0.111. The Bertz CT molecular complexity index is 2580. The molecule has 282 valence electrons. The van der Waals surface area contributed by atoms with Crippen LogP contribution >= 0.6 is 23.5 Å². The van der Waals surface area contributed by atoms with Gasteiger partial charge in [0, 0.05) is 33.2 Å². The molecule has 6 aromatic rings. The Morgan fingerprint density at radius 1 is 0.536 bits per heavy atom. The number of rotatable bonds is 6. The van der Waals surface area contributed by atoms with E-state index < -0.39 is 19.9 Å². The Hall–Kier alpha value is -3.76. The highest BCUT2D eigenvalue weighted by Crippen LogP contribution is 2.56. The van der Waals surface area contributed by atoms with Crippen molar-refractivity contribution in [2.75, 3.05) is 0 Å². The van der Waals surface area contributed by atoms with Crippen LogP contribution in [-0.2, 0) is 10.8 Å². The Morgan fingerprint density at radius 2 is 1.12 bits per heavy atom. The van der Waals surface area contributed by atoms with Gasteiger partial charge in [0.05, 0.1) is 0 Å². The minimum Gasteiger partial charge on any atom is -0.0895 e. The third-order valence-corrected chi connectivity index (χ3v) is 21.0. The van der Waals surface area contributed by atoms with E-state index in [1.807, 2.05) is 23.5 Å². The lowest BCUT2D eigenvalue weighted by atomic mass is 9.75. The molecule has 56 heavy (non-hydrogen) atoms. The van der Waals surface area contributed by atoms with Crippen molar-refractivity contribution >= 4 is 47.2 Å². The second-order valence-corrected chi connectivity index (χ2v) is 23.9. The number of benzene rings is 6. The maximum absolute atomic E-state index is 10.1. The van der Waals surface area contributed by atoms with Crippen LogP contribution in [0.5, 0.6) is 0 Å². The summed E-state index contributed by atoms with van der Waals surface area (Å²) in [6.45, 7) is 12.1. The van der Waals surface area contributed by atoms with Crippen LogP contribution < -0.4 is 15.6 Å². The van der Waals surface area contributed by atoms with Gasteiger partial charge in [0.2, 0.25) is 0 Å². The van der Waals surface area contributed by atoms with E-state index in [-0.39, 0.29) is 10.8 Å². The molecule has 0 nitrogen and oxygen atoms in total. The van der Waals surface area contributed by atoms with E-state index in [9.17, 15) is 2.74 Å². The molecule has 0 spiro atoms. The van der Waals surface area contributed by atoms with Gasteiger partial charge < -0.3 is 0 Å². The predicted octanol–water partition coefficient (Wildman–Crippen LogP) is 13.3. The van der Waals surface area contributed by atoms with Gasteiger partial charge in [-0.05, 0) is 110 Å². The van der Waals surface area contributed by atoms with Crippen LogP contribution in [0.25, 0.3) is 11.1 Å². The number of hydrogen-bond donors (Lipinski definition) is 0. The van der Waals surface area contributed by atoms with Gasteiger partial charge in [-0.2, -0.15) is 0 Å². The fourth-order valence-corrected chi connectivity index (χ4v) is 18.1. The van der Waals surface area contributed by atoms with Gasteiger partial charge in [-0.1, -0.05) is 199 Å². The first-order valence-electron chi connectivity index (χ1n) is 21.9. The molecule has 6 aromatic carbocycles. The van der Waals surface area contributed by atoms with E-state index in [2.05, 4.69) is 162 Å². The zero-order valence-corrected chi connectivity index (χ0v) is 36.2. The summed E-state index contributed by atoms with van der Waals surface area (Å²) in [6.07, 6.45) is 8.16. The summed E-state index contributed by atoms with van der Waals surface area (Å²) >= 11 is 3.87. The van der Waals surface area contributed by atoms with Gasteiger partial charge in [0.1, 0.15) is 8.07 Å². The predicted molar refractivity (Wildman–Crippen MR) is 243 cm³/mol. The van der Waals surface area contributed by atoms with E-state index >= 15 is 0 Å². The average molecular weight is 785 g/mol. The van der Waals surface area contributed by atoms with Crippen molar-refractivity contribution in [1.82, 2.24) is 0 Å². The Balaban J connectivity index is 1.19. The van der Waals surface area contributed by atoms with Crippen molar-refractivity contribution in [3.63, 3.8) is 0 Å². The summed E-state index contributed by atoms with van der Waals surface area (Å²) in [5, 5.41) is 4.28. The molecular formula is C53H54S2Si. The Kier molecular flexibility index (Phi) is 8.55. The lowest BCUT2D eigenvalue weighted by molar-refractivity contribution is 0.603. The number of hydrogen-bond acceptors (Lipinski definition) is 2. The first-order chi connectivity index (χ1) is 27.8. The van der Waals surface area contributed by atoms with Crippen LogP contribution in [0.1, 0.15) is 127 Å². The molecule has 2 aliphatic heterocycles. The summed E-state index contributed by atoms with van der Waals surface area (Å²) in [5.41, 5.74) is 10.0. The van der Waals surface area contributed by atoms with Crippen molar-refractivity contribution in [3.8, 4) is 11.1 Å². The molecule has 1 unspecified atom stereocenters. The molecule has 4 aliphatic rings. The fraction of sp³-hybridized carbons (Fsp3) is 0.321. The normalized spacial score (nSPS) is 21.1. The van der Waals surface area contributed by atoms with Gasteiger partial charge in [-0.25, -0.2) is 0 Å². The van der Waals surface area contributed by atoms with Crippen molar-refractivity contribution in [2.45, 2.75) is 128 Å². The lowest BCUT2D eigenvalue weighted by Crippen LogP contribution is -2.65. The van der Waals surface area contributed by atoms with Gasteiger partial charge in [-0.3, -0.25) is 0 Å². The maximum Gasteiger partial charge on any atom is 0.146 e. The second-order valence-electron chi connectivity index (χ2n) is 17.9. The topological polar surface area (TPSA) is 0 Å². The molecule has 2 heterocycles. The molecule has 0 radical (unpaired) electrons. The van der Waals surface area contributed by atoms with E-state index in [0.29, 0.717) is 0 Å². The molecule has 2 saturated carbocycles. The van der Waals surface area contributed by atoms with Crippen LogP contribution in [0.15, 0.2) is 147 Å². The number of fused-ring (bicyclic) bond motifs is 4. The van der Waals surface area contributed by atoms with E-state index in [0.717, 1.165) is 51.4 Å². The van der Waals surface area contributed by atoms with Crippen LogP contribution in [0.3, 0.4) is 0 Å². The van der Waals surface area contributed by atoms with Crippen molar-refractivity contribution in [2.24, 2.45) is 0 Å².